The minimum absolute atomic E-state index is 0.0946. The highest BCUT2D eigenvalue weighted by Crippen LogP contribution is 2.24. The Bertz CT molecular complexity index is 575. The normalized spacial score (nSPS) is 10.5. The van der Waals surface area contributed by atoms with E-state index >= 15 is 0 Å². The number of carboxylic acids is 1. The number of carboxylic acid groups (broad SMARTS) is 1. The first-order chi connectivity index (χ1) is 7.97. The number of aromatic carboxylic acids is 1. The Hall–Kier alpha value is -1.88. The summed E-state index contributed by atoms with van der Waals surface area (Å²) in [5.74, 6) is -1.61. The van der Waals surface area contributed by atoms with Crippen LogP contribution in [-0.2, 0) is 7.05 Å². The third-order valence-electron chi connectivity index (χ3n) is 2.26. The van der Waals surface area contributed by atoms with Crippen molar-refractivity contribution in [3.63, 3.8) is 0 Å². The fourth-order valence-electron chi connectivity index (χ4n) is 1.54. The second-order valence-electron chi connectivity index (χ2n) is 3.50. The first kappa shape index (κ1) is 11.6. The van der Waals surface area contributed by atoms with Gasteiger partial charge in [0.15, 0.2) is 5.69 Å². The molecule has 17 heavy (non-hydrogen) atoms. The lowest BCUT2D eigenvalue weighted by atomic mass is 10.1. The Kier molecular flexibility index (Phi) is 2.85. The maximum Gasteiger partial charge on any atom is 0.356 e. The standard InChI is InChI=1S/C11H8ClFN2O2/c1-15-10(5-9(14-15)11(16)17)6-2-7(12)4-8(13)3-6/h2-5H,1H3,(H,16,17). The highest BCUT2D eigenvalue weighted by molar-refractivity contribution is 6.30. The van der Waals surface area contributed by atoms with Crippen LogP contribution in [0.1, 0.15) is 10.5 Å². The van der Waals surface area contributed by atoms with Gasteiger partial charge in [0.2, 0.25) is 0 Å². The molecule has 1 heterocycles. The molecule has 1 aromatic carbocycles. The molecule has 2 rings (SSSR count). The zero-order valence-electron chi connectivity index (χ0n) is 8.82. The predicted molar refractivity (Wildman–Crippen MR) is 60.6 cm³/mol. The lowest BCUT2D eigenvalue weighted by molar-refractivity contribution is 0.0689. The number of halogens is 2. The quantitative estimate of drug-likeness (QED) is 0.896. The summed E-state index contributed by atoms with van der Waals surface area (Å²) in [6.45, 7) is 0. The SMILES string of the molecule is Cn1nc(C(=O)O)cc1-c1cc(F)cc(Cl)c1. The number of aromatic nitrogens is 2. The molecule has 6 heteroatoms. The van der Waals surface area contributed by atoms with Crippen LogP contribution in [-0.4, -0.2) is 20.9 Å². The average Bonchev–Trinajstić information content (AvgIpc) is 2.59. The fourth-order valence-corrected chi connectivity index (χ4v) is 1.77. The fraction of sp³-hybridized carbons (Fsp3) is 0.0909. The van der Waals surface area contributed by atoms with Gasteiger partial charge in [0.1, 0.15) is 5.82 Å². The van der Waals surface area contributed by atoms with Gasteiger partial charge in [0.25, 0.3) is 0 Å². The van der Waals surface area contributed by atoms with Crippen LogP contribution in [0.25, 0.3) is 11.3 Å². The van der Waals surface area contributed by atoms with Gasteiger partial charge in [-0.05, 0) is 24.3 Å². The van der Waals surface area contributed by atoms with E-state index in [9.17, 15) is 9.18 Å². The van der Waals surface area contributed by atoms with E-state index in [-0.39, 0.29) is 10.7 Å². The van der Waals surface area contributed by atoms with Gasteiger partial charge >= 0.3 is 5.97 Å². The smallest absolute Gasteiger partial charge is 0.356 e. The van der Waals surface area contributed by atoms with E-state index in [1.807, 2.05) is 0 Å². The zero-order valence-corrected chi connectivity index (χ0v) is 9.57. The van der Waals surface area contributed by atoms with Crippen LogP contribution in [0, 0.1) is 5.82 Å². The number of aryl methyl sites for hydroxylation is 1. The topological polar surface area (TPSA) is 55.1 Å². The molecule has 0 unspecified atom stereocenters. The molecule has 0 amide bonds. The van der Waals surface area contributed by atoms with Crippen LogP contribution >= 0.6 is 11.6 Å². The molecule has 4 nitrogen and oxygen atoms in total. The van der Waals surface area contributed by atoms with E-state index in [1.54, 1.807) is 13.1 Å². The third kappa shape index (κ3) is 2.29. The number of carbonyl (C=O) groups is 1. The molecule has 2 aromatic rings. The van der Waals surface area contributed by atoms with E-state index in [4.69, 9.17) is 16.7 Å². The number of hydrogen-bond acceptors (Lipinski definition) is 2. The van der Waals surface area contributed by atoms with Gasteiger partial charge in [0, 0.05) is 17.6 Å². The molecule has 1 N–H and O–H groups in total. The number of benzene rings is 1. The second-order valence-corrected chi connectivity index (χ2v) is 3.94. The largest absolute Gasteiger partial charge is 0.476 e. The Morgan fingerprint density at radius 2 is 2.12 bits per heavy atom. The molecule has 0 spiro atoms. The molecule has 0 aliphatic rings. The van der Waals surface area contributed by atoms with Crippen molar-refractivity contribution in [3.05, 3.63) is 40.8 Å². The van der Waals surface area contributed by atoms with Gasteiger partial charge in [-0.15, -0.1) is 0 Å². The van der Waals surface area contributed by atoms with Crippen LogP contribution in [0.3, 0.4) is 0 Å². The molecule has 0 bridgehead atoms. The van der Waals surface area contributed by atoms with Crippen molar-refractivity contribution in [1.29, 1.82) is 0 Å². The number of rotatable bonds is 2. The summed E-state index contributed by atoms with van der Waals surface area (Å²) in [4.78, 5) is 10.8. The molecular formula is C11H8ClFN2O2. The third-order valence-corrected chi connectivity index (χ3v) is 2.48. The summed E-state index contributed by atoms with van der Waals surface area (Å²) < 4.78 is 14.5. The predicted octanol–water partition coefficient (Wildman–Crippen LogP) is 2.58. The van der Waals surface area contributed by atoms with Crippen molar-refractivity contribution < 1.29 is 14.3 Å². The van der Waals surface area contributed by atoms with E-state index in [2.05, 4.69) is 5.10 Å². The van der Waals surface area contributed by atoms with Crippen LogP contribution in [0.5, 0.6) is 0 Å². The van der Waals surface area contributed by atoms with Gasteiger partial charge in [-0.1, -0.05) is 11.6 Å². The van der Waals surface area contributed by atoms with Gasteiger partial charge < -0.3 is 5.11 Å². The van der Waals surface area contributed by atoms with Crippen molar-refractivity contribution in [1.82, 2.24) is 9.78 Å². The minimum atomic E-state index is -1.13. The summed E-state index contributed by atoms with van der Waals surface area (Å²) in [5.41, 5.74) is 0.879. The van der Waals surface area contributed by atoms with Crippen molar-refractivity contribution in [3.8, 4) is 11.3 Å². The summed E-state index contributed by atoms with van der Waals surface area (Å²) in [5, 5.41) is 12.8. The Morgan fingerprint density at radius 1 is 1.41 bits per heavy atom. The Morgan fingerprint density at radius 3 is 2.65 bits per heavy atom. The summed E-state index contributed by atoms with van der Waals surface area (Å²) >= 11 is 5.74. The summed E-state index contributed by atoms with van der Waals surface area (Å²) in [6.07, 6.45) is 0. The molecule has 0 aliphatic carbocycles. The Balaban J connectivity index is 2.56. The maximum absolute atomic E-state index is 13.2. The van der Waals surface area contributed by atoms with Crippen LogP contribution in [0.15, 0.2) is 24.3 Å². The molecule has 88 valence electrons. The second kappa shape index (κ2) is 4.18. The lowest BCUT2D eigenvalue weighted by Gasteiger charge is -2.02. The first-order valence-electron chi connectivity index (χ1n) is 4.71. The molecule has 0 saturated heterocycles. The van der Waals surface area contributed by atoms with Crippen LogP contribution in [0.4, 0.5) is 4.39 Å². The van der Waals surface area contributed by atoms with Gasteiger partial charge in [0.05, 0.1) is 5.69 Å². The summed E-state index contributed by atoms with van der Waals surface area (Å²) in [6, 6.07) is 5.37. The van der Waals surface area contributed by atoms with Crippen molar-refractivity contribution in [2.45, 2.75) is 0 Å². The monoisotopic (exact) mass is 254 g/mol. The Labute approximate surface area is 101 Å². The first-order valence-corrected chi connectivity index (χ1v) is 5.09. The molecule has 0 atom stereocenters. The van der Waals surface area contributed by atoms with E-state index in [0.29, 0.717) is 11.3 Å². The lowest BCUT2D eigenvalue weighted by Crippen LogP contribution is -1.99. The minimum Gasteiger partial charge on any atom is -0.476 e. The molecule has 0 radical (unpaired) electrons. The van der Waals surface area contributed by atoms with E-state index < -0.39 is 11.8 Å². The zero-order chi connectivity index (χ0) is 12.6. The van der Waals surface area contributed by atoms with Crippen LogP contribution < -0.4 is 0 Å². The van der Waals surface area contributed by atoms with E-state index in [0.717, 1.165) is 0 Å². The van der Waals surface area contributed by atoms with Gasteiger partial charge in [-0.2, -0.15) is 5.10 Å². The van der Waals surface area contributed by atoms with Gasteiger partial charge in [-0.3, -0.25) is 4.68 Å². The highest BCUT2D eigenvalue weighted by atomic mass is 35.5. The molecule has 0 aliphatic heterocycles. The highest BCUT2D eigenvalue weighted by Gasteiger charge is 2.13. The van der Waals surface area contributed by atoms with E-state index in [1.165, 1.54) is 22.9 Å². The van der Waals surface area contributed by atoms with Gasteiger partial charge in [-0.25, -0.2) is 9.18 Å². The number of nitrogens with zero attached hydrogens (tertiary/aromatic N) is 2. The van der Waals surface area contributed by atoms with Crippen molar-refractivity contribution in [2.24, 2.45) is 7.05 Å². The molecule has 0 fully saturated rings. The molecule has 1 aromatic heterocycles. The van der Waals surface area contributed by atoms with Crippen LogP contribution in [0.2, 0.25) is 5.02 Å². The molecule has 0 saturated carbocycles. The number of hydrogen-bond donors (Lipinski definition) is 1. The molecular weight excluding hydrogens is 247 g/mol. The average molecular weight is 255 g/mol. The van der Waals surface area contributed by atoms with Crippen molar-refractivity contribution in [2.75, 3.05) is 0 Å². The maximum atomic E-state index is 13.2. The van der Waals surface area contributed by atoms with Crippen molar-refractivity contribution >= 4 is 17.6 Å². The summed E-state index contributed by atoms with van der Waals surface area (Å²) in [7, 11) is 1.58.